The van der Waals surface area contributed by atoms with Crippen LogP contribution in [0.3, 0.4) is 0 Å². The van der Waals surface area contributed by atoms with Gasteiger partial charge in [0.05, 0.1) is 26.1 Å². The van der Waals surface area contributed by atoms with E-state index in [2.05, 4.69) is 15.0 Å². The molecule has 0 saturated heterocycles. The molecule has 0 unspecified atom stereocenters. The maximum absolute atomic E-state index is 12.9. The van der Waals surface area contributed by atoms with Gasteiger partial charge >= 0.3 is 7.60 Å². The number of carbonyl (C=O) groups excluding carboxylic acids is 2. The lowest BCUT2D eigenvalue weighted by molar-refractivity contribution is -0.109. The van der Waals surface area contributed by atoms with Gasteiger partial charge in [0.15, 0.2) is 21.4 Å². The van der Waals surface area contributed by atoms with Crippen molar-refractivity contribution >= 4 is 58.5 Å². The number of nitrogens with two attached hydrogens (primary N) is 1. The molecule has 0 radical (unpaired) electrons. The van der Waals surface area contributed by atoms with Gasteiger partial charge in [0.2, 0.25) is 5.95 Å². The third-order valence-electron chi connectivity index (χ3n) is 3.57. The minimum absolute atomic E-state index is 0.0293. The van der Waals surface area contributed by atoms with Gasteiger partial charge in [-0.1, -0.05) is 23.5 Å². The molecular formula is C16H24N5O7PS2. The second-order valence-electron chi connectivity index (χ2n) is 6.06. The van der Waals surface area contributed by atoms with Gasteiger partial charge in [-0.05, 0) is 0 Å². The quantitative estimate of drug-likeness (QED) is 0.305. The molecule has 0 aliphatic heterocycles. The lowest BCUT2D eigenvalue weighted by Gasteiger charge is -2.18. The predicted octanol–water partition coefficient (Wildman–Crippen LogP) is 1.46. The van der Waals surface area contributed by atoms with Gasteiger partial charge in [-0.25, -0.2) is 4.98 Å². The van der Waals surface area contributed by atoms with Gasteiger partial charge in [0, 0.05) is 31.9 Å². The van der Waals surface area contributed by atoms with E-state index in [9.17, 15) is 18.9 Å². The molecule has 2 aromatic heterocycles. The van der Waals surface area contributed by atoms with Crippen molar-refractivity contribution in [2.24, 2.45) is 0 Å². The molecule has 2 aromatic rings. The largest absolute Gasteiger partial charge is 0.369 e. The molecule has 0 saturated carbocycles. The first-order chi connectivity index (χ1) is 14.7. The van der Waals surface area contributed by atoms with E-state index in [0.29, 0.717) is 17.2 Å². The topological polar surface area (TPSA) is 168 Å². The summed E-state index contributed by atoms with van der Waals surface area (Å²) in [6.45, 7) is 3.33. The minimum Gasteiger partial charge on any atom is -0.369 e. The summed E-state index contributed by atoms with van der Waals surface area (Å²) < 4.78 is 30.7. The number of H-pyrrole nitrogens is 1. The van der Waals surface area contributed by atoms with Crippen molar-refractivity contribution in [3.05, 3.63) is 16.7 Å². The summed E-state index contributed by atoms with van der Waals surface area (Å²) in [5.41, 5.74) is 5.58. The normalized spacial score (nSPS) is 11.8. The number of hydrogen-bond acceptors (Lipinski definition) is 12. The highest BCUT2D eigenvalue weighted by molar-refractivity contribution is 8.13. The lowest BCUT2D eigenvalue weighted by atomic mass is 10.5. The fraction of sp³-hybridized carbons (Fsp3) is 0.562. The molecule has 15 heteroatoms. The highest BCUT2D eigenvalue weighted by Gasteiger charge is 2.25. The monoisotopic (exact) mass is 493 g/mol. The van der Waals surface area contributed by atoms with Gasteiger partial charge < -0.3 is 24.1 Å². The Morgan fingerprint density at radius 3 is 2.35 bits per heavy atom. The Balaban J connectivity index is 1.89. The van der Waals surface area contributed by atoms with E-state index in [1.807, 2.05) is 0 Å². The molecule has 0 fully saturated rings. The molecule has 2 rings (SSSR count). The van der Waals surface area contributed by atoms with E-state index in [0.717, 1.165) is 23.5 Å². The van der Waals surface area contributed by atoms with Crippen LogP contribution in [0, 0.1) is 0 Å². The molecular weight excluding hydrogens is 469 g/mol. The van der Waals surface area contributed by atoms with E-state index in [1.54, 1.807) is 4.57 Å². The zero-order chi connectivity index (χ0) is 22.9. The van der Waals surface area contributed by atoms with Crippen molar-refractivity contribution in [2.75, 3.05) is 43.4 Å². The average molecular weight is 494 g/mol. The van der Waals surface area contributed by atoms with E-state index in [-0.39, 0.29) is 54.4 Å². The van der Waals surface area contributed by atoms with Crippen molar-refractivity contribution in [3.63, 3.8) is 0 Å². The molecule has 0 aliphatic carbocycles. The molecule has 172 valence electrons. The van der Waals surface area contributed by atoms with Crippen LogP contribution in [0.2, 0.25) is 0 Å². The lowest BCUT2D eigenvalue weighted by Crippen LogP contribution is -2.14. The molecule has 2 heterocycles. The fourth-order valence-corrected chi connectivity index (χ4v) is 4.78. The van der Waals surface area contributed by atoms with Gasteiger partial charge in [-0.2, -0.15) is 4.98 Å². The third kappa shape index (κ3) is 8.75. The maximum Gasteiger partial charge on any atom is 0.356 e. The Morgan fingerprint density at radius 2 is 1.77 bits per heavy atom. The van der Waals surface area contributed by atoms with Crippen LogP contribution in [-0.4, -0.2) is 67.4 Å². The Labute approximate surface area is 186 Å². The number of aromatic amines is 1. The highest BCUT2D eigenvalue weighted by Crippen LogP contribution is 2.48. The standard InChI is InChI=1S/C16H24N5O7PS2/c1-11(22)30-7-5-27-29(25,28-6-8-31-12(2)23)10-26-4-3-21-9-18-13-14(21)19-16(17)20-15(13)24/h9H,3-8,10H2,1-2H3,(H3,17,19,20,24). The smallest absolute Gasteiger partial charge is 0.356 e. The van der Waals surface area contributed by atoms with Crippen molar-refractivity contribution in [1.82, 2.24) is 19.5 Å². The SMILES string of the molecule is CC(=O)SCCOP(=O)(COCCn1cnc2c(=O)[nH]c(N)nc21)OCCSC(C)=O. The number of aromatic nitrogens is 4. The first-order valence-corrected chi connectivity index (χ1v) is 12.8. The Hall–Kier alpha value is -1.70. The van der Waals surface area contributed by atoms with Crippen LogP contribution in [0.4, 0.5) is 5.95 Å². The van der Waals surface area contributed by atoms with Crippen LogP contribution >= 0.6 is 31.1 Å². The van der Waals surface area contributed by atoms with E-state index < -0.39 is 13.2 Å². The number of ether oxygens (including phenoxy) is 1. The van der Waals surface area contributed by atoms with Gasteiger partial charge in [-0.3, -0.25) is 23.9 Å². The Bertz CT molecular complexity index is 986. The number of imidazole rings is 1. The molecule has 31 heavy (non-hydrogen) atoms. The number of hydrogen-bond donors (Lipinski definition) is 2. The number of fused-ring (bicyclic) bond motifs is 1. The number of nitrogens with one attached hydrogen (secondary N) is 1. The van der Waals surface area contributed by atoms with E-state index in [1.165, 1.54) is 20.2 Å². The summed E-state index contributed by atoms with van der Waals surface area (Å²) in [6, 6.07) is 0. The number of carbonyl (C=O) groups is 2. The van der Waals surface area contributed by atoms with Crippen LogP contribution < -0.4 is 11.3 Å². The number of anilines is 1. The number of rotatable bonds is 13. The molecule has 0 aliphatic rings. The van der Waals surface area contributed by atoms with Gasteiger partial charge in [0.25, 0.3) is 5.56 Å². The number of nitrogen functional groups attached to an aromatic ring is 1. The summed E-state index contributed by atoms with van der Waals surface area (Å²) in [5, 5.41) is -0.150. The zero-order valence-electron chi connectivity index (χ0n) is 17.1. The molecule has 0 atom stereocenters. The summed E-state index contributed by atoms with van der Waals surface area (Å²) in [7, 11) is -3.60. The fourth-order valence-electron chi connectivity index (χ4n) is 2.31. The Kier molecular flexibility index (Phi) is 10.2. The third-order valence-corrected chi connectivity index (χ3v) is 6.78. The van der Waals surface area contributed by atoms with E-state index >= 15 is 0 Å². The molecule has 0 amide bonds. The first kappa shape index (κ1) is 25.6. The van der Waals surface area contributed by atoms with Gasteiger partial charge in [-0.15, -0.1) is 0 Å². The van der Waals surface area contributed by atoms with Crippen molar-refractivity contribution in [1.29, 1.82) is 0 Å². The van der Waals surface area contributed by atoms with Crippen molar-refractivity contribution in [3.8, 4) is 0 Å². The highest BCUT2D eigenvalue weighted by atomic mass is 32.2. The summed E-state index contributed by atoms with van der Waals surface area (Å²) in [6.07, 6.45) is 1.12. The number of nitrogens with zero attached hydrogens (tertiary/aromatic N) is 3. The van der Waals surface area contributed by atoms with Gasteiger partial charge in [0.1, 0.15) is 6.35 Å². The summed E-state index contributed by atoms with van der Waals surface area (Å²) in [4.78, 5) is 44.2. The number of thioether (sulfide) groups is 2. The van der Waals surface area contributed by atoms with Crippen LogP contribution in [0.15, 0.2) is 11.1 Å². The first-order valence-electron chi connectivity index (χ1n) is 9.13. The van der Waals surface area contributed by atoms with Crippen LogP contribution in [0.5, 0.6) is 0 Å². The van der Waals surface area contributed by atoms with E-state index in [4.69, 9.17) is 19.5 Å². The predicted molar refractivity (Wildman–Crippen MR) is 119 cm³/mol. The summed E-state index contributed by atoms with van der Waals surface area (Å²) >= 11 is 2.10. The van der Waals surface area contributed by atoms with Crippen LogP contribution in [0.1, 0.15) is 13.8 Å². The second-order valence-corrected chi connectivity index (χ2v) is 10.6. The minimum atomic E-state index is -3.60. The maximum atomic E-state index is 12.9. The molecule has 3 N–H and O–H groups in total. The average Bonchev–Trinajstić information content (AvgIpc) is 3.09. The van der Waals surface area contributed by atoms with Crippen LogP contribution in [-0.2, 0) is 34.5 Å². The molecule has 0 spiro atoms. The molecule has 0 bridgehead atoms. The van der Waals surface area contributed by atoms with Crippen LogP contribution in [0.25, 0.3) is 11.2 Å². The molecule has 0 aromatic carbocycles. The summed E-state index contributed by atoms with van der Waals surface area (Å²) in [5.74, 6) is 0.625. The van der Waals surface area contributed by atoms with Crippen molar-refractivity contribution < 1.29 is 27.9 Å². The molecule has 12 nitrogen and oxygen atoms in total. The second kappa shape index (κ2) is 12.4. The Morgan fingerprint density at radius 1 is 1.16 bits per heavy atom. The van der Waals surface area contributed by atoms with Crippen molar-refractivity contribution in [2.45, 2.75) is 20.4 Å². The zero-order valence-corrected chi connectivity index (χ0v) is 19.6.